The van der Waals surface area contributed by atoms with Gasteiger partial charge in [0.25, 0.3) is 0 Å². The van der Waals surface area contributed by atoms with E-state index in [9.17, 15) is 0 Å². The zero-order valence-electron chi connectivity index (χ0n) is 7.94. The fraction of sp³-hybridized carbons (Fsp3) is 1.00. The molecule has 0 saturated carbocycles. The van der Waals surface area contributed by atoms with Crippen LogP contribution in [-0.2, 0) is 4.74 Å². The number of ether oxygens (including phenoxy) is 1. The van der Waals surface area contributed by atoms with E-state index >= 15 is 0 Å². The molecule has 1 fully saturated rings. The van der Waals surface area contributed by atoms with Crippen molar-refractivity contribution in [3.05, 3.63) is 0 Å². The van der Waals surface area contributed by atoms with Crippen molar-refractivity contribution < 1.29 is 4.74 Å². The van der Waals surface area contributed by atoms with Crippen LogP contribution in [0.25, 0.3) is 0 Å². The second-order valence-corrected chi connectivity index (χ2v) is 3.37. The monoisotopic (exact) mass is 172 g/mol. The molecule has 1 heterocycles. The van der Waals surface area contributed by atoms with Crippen LogP contribution in [0.1, 0.15) is 19.3 Å². The largest absolute Gasteiger partial charge is 0.381 e. The molecule has 3 nitrogen and oxygen atoms in total. The Bertz CT molecular complexity index is 103. The first-order valence-electron chi connectivity index (χ1n) is 4.86. The zero-order valence-corrected chi connectivity index (χ0v) is 7.94. The summed E-state index contributed by atoms with van der Waals surface area (Å²) >= 11 is 0. The fourth-order valence-corrected chi connectivity index (χ4v) is 1.55. The molecular weight excluding hydrogens is 152 g/mol. The molecule has 1 aliphatic rings. The van der Waals surface area contributed by atoms with Crippen molar-refractivity contribution in [1.29, 1.82) is 0 Å². The van der Waals surface area contributed by atoms with Crippen LogP contribution in [0.2, 0.25) is 0 Å². The summed E-state index contributed by atoms with van der Waals surface area (Å²) in [6.07, 6.45) is 3.80. The van der Waals surface area contributed by atoms with Gasteiger partial charge in [-0.3, -0.25) is 0 Å². The van der Waals surface area contributed by atoms with Crippen LogP contribution in [-0.4, -0.2) is 33.5 Å². The maximum Gasteiger partial charge on any atom is 0.0468 e. The molecule has 0 aromatic rings. The van der Waals surface area contributed by atoms with Crippen LogP contribution in [0, 0.1) is 5.92 Å². The van der Waals surface area contributed by atoms with Gasteiger partial charge in [-0.2, -0.15) is 0 Å². The molecule has 0 aromatic carbocycles. The van der Waals surface area contributed by atoms with E-state index in [4.69, 9.17) is 4.74 Å². The Kier molecular flexibility index (Phi) is 5.32. The molecule has 3 heteroatoms. The van der Waals surface area contributed by atoms with E-state index in [-0.39, 0.29) is 0 Å². The lowest BCUT2D eigenvalue weighted by Gasteiger charge is -2.21. The minimum Gasteiger partial charge on any atom is -0.381 e. The van der Waals surface area contributed by atoms with E-state index in [0.29, 0.717) is 0 Å². The van der Waals surface area contributed by atoms with Crippen molar-refractivity contribution in [3.63, 3.8) is 0 Å². The molecule has 0 amide bonds. The minimum absolute atomic E-state index is 0.892. The lowest BCUT2D eigenvalue weighted by molar-refractivity contribution is 0.0640. The van der Waals surface area contributed by atoms with Crippen LogP contribution in [0.15, 0.2) is 0 Å². The molecule has 1 aliphatic heterocycles. The Morgan fingerprint density at radius 1 is 1.33 bits per heavy atom. The molecule has 0 aromatic heterocycles. The molecule has 1 saturated heterocycles. The molecular formula is C9H20N2O. The first-order chi connectivity index (χ1) is 5.93. The second kappa shape index (κ2) is 6.40. The van der Waals surface area contributed by atoms with Crippen molar-refractivity contribution in [1.82, 2.24) is 10.6 Å². The van der Waals surface area contributed by atoms with Gasteiger partial charge in [-0.15, -0.1) is 0 Å². The summed E-state index contributed by atoms with van der Waals surface area (Å²) in [6.45, 7) is 3.99. The van der Waals surface area contributed by atoms with Gasteiger partial charge in [0.15, 0.2) is 0 Å². The third-order valence-corrected chi connectivity index (χ3v) is 2.37. The van der Waals surface area contributed by atoms with Gasteiger partial charge < -0.3 is 15.4 Å². The topological polar surface area (TPSA) is 33.3 Å². The van der Waals surface area contributed by atoms with E-state index in [2.05, 4.69) is 10.6 Å². The number of nitrogens with one attached hydrogen (secondary N) is 2. The summed E-state index contributed by atoms with van der Waals surface area (Å²) in [5.74, 6) is 0.892. The predicted molar refractivity (Wildman–Crippen MR) is 50.1 cm³/mol. The molecule has 12 heavy (non-hydrogen) atoms. The van der Waals surface area contributed by atoms with Crippen molar-refractivity contribution in [2.24, 2.45) is 5.92 Å². The predicted octanol–water partition coefficient (Wildman–Crippen LogP) is 0.570. The maximum absolute atomic E-state index is 5.29. The molecule has 1 rings (SSSR count). The number of hydrogen-bond donors (Lipinski definition) is 2. The van der Waals surface area contributed by atoms with Crippen LogP contribution in [0.4, 0.5) is 0 Å². The number of hydrogen-bond acceptors (Lipinski definition) is 3. The van der Waals surface area contributed by atoms with E-state index in [0.717, 1.165) is 32.3 Å². The Labute approximate surface area is 74.9 Å². The third kappa shape index (κ3) is 4.04. The average molecular weight is 172 g/mol. The molecule has 0 bridgehead atoms. The fourth-order valence-electron chi connectivity index (χ4n) is 1.55. The van der Waals surface area contributed by atoms with Crippen LogP contribution >= 0.6 is 0 Å². The van der Waals surface area contributed by atoms with Gasteiger partial charge in [0.05, 0.1) is 0 Å². The molecule has 0 aliphatic carbocycles. The summed E-state index contributed by atoms with van der Waals surface area (Å²) in [6, 6.07) is 0. The van der Waals surface area contributed by atoms with Gasteiger partial charge >= 0.3 is 0 Å². The molecule has 0 spiro atoms. The summed E-state index contributed by atoms with van der Waals surface area (Å²) in [5, 5.41) is 6.40. The van der Waals surface area contributed by atoms with E-state index in [1.807, 2.05) is 7.05 Å². The minimum atomic E-state index is 0.892. The first kappa shape index (κ1) is 9.96. The van der Waals surface area contributed by atoms with E-state index in [1.54, 1.807) is 0 Å². The normalized spacial score (nSPS) is 19.8. The quantitative estimate of drug-likeness (QED) is 0.470. The van der Waals surface area contributed by atoms with Gasteiger partial charge in [-0.25, -0.2) is 0 Å². The van der Waals surface area contributed by atoms with Crippen molar-refractivity contribution in [3.8, 4) is 0 Å². The van der Waals surface area contributed by atoms with Gasteiger partial charge in [-0.05, 0) is 38.8 Å². The average Bonchev–Trinajstić information content (AvgIpc) is 2.14. The SMILES string of the molecule is CNCNCCC1CCOCC1. The highest BCUT2D eigenvalue weighted by Crippen LogP contribution is 2.17. The maximum atomic E-state index is 5.29. The van der Waals surface area contributed by atoms with Crippen molar-refractivity contribution in [2.45, 2.75) is 19.3 Å². The summed E-state index contributed by atoms with van der Waals surface area (Å²) < 4.78 is 5.29. The van der Waals surface area contributed by atoms with E-state index in [1.165, 1.54) is 19.3 Å². The van der Waals surface area contributed by atoms with Crippen LogP contribution in [0.3, 0.4) is 0 Å². The van der Waals surface area contributed by atoms with Crippen LogP contribution < -0.4 is 10.6 Å². The number of rotatable bonds is 5. The first-order valence-corrected chi connectivity index (χ1v) is 4.86. The summed E-state index contributed by atoms with van der Waals surface area (Å²) in [7, 11) is 1.96. The Morgan fingerprint density at radius 3 is 2.75 bits per heavy atom. The highest BCUT2D eigenvalue weighted by molar-refractivity contribution is 4.64. The smallest absolute Gasteiger partial charge is 0.0468 e. The van der Waals surface area contributed by atoms with Crippen LogP contribution in [0.5, 0.6) is 0 Å². The Hall–Kier alpha value is -0.120. The Morgan fingerprint density at radius 2 is 2.08 bits per heavy atom. The van der Waals surface area contributed by atoms with E-state index < -0.39 is 0 Å². The molecule has 0 atom stereocenters. The lowest BCUT2D eigenvalue weighted by atomic mass is 9.97. The second-order valence-electron chi connectivity index (χ2n) is 3.37. The van der Waals surface area contributed by atoms with Gasteiger partial charge in [0, 0.05) is 19.9 Å². The zero-order chi connectivity index (χ0) is 8.65. The highest BCUT2D eigenvalue weighted by Gasteiger charge is 2.12. The van der Waals surface area contributed by atoms with Crippen molar-refractivity contribution in [2.75, 3.05) is 33.5 Å². The molecule has 0 unspecified atom stereocenters. The molecule has 72 valence electrons. The molecule has 0 radical (unpaired) electrons. The van der Waals surface area contributed by atoms with Gasteiger partial charge in [-0.1, -0.05) is 0 Å². The lowest BCUT2D eigenvalue weighted by Crippen LogP contribution is -2.28. The van der Waals surface area contributed by atoms with Crippen molar-refractivity contribution >= 4 is 0 Å². The third-order valence-electron chi connectivity index (χ3n) is 2.37. The molecule has 2 N–H and O–H groups in total. The summed E-state index contributed by atoms with van der Waals surface area (Å²) in [5.41, 5.74) is 0. The van der Waals surface area contributed by atoms with Gasteiger partial charge in [0.1, 0.15) is 0 Å². The van der Waals surface area contributed by atoms with Gasteiger partial charge in [0.2, 0.25) is 0 Å². The highest BCUT2D eigenvalue weighted by atomic mass is 16.5. The Balaban J connectivity index is 1.91. The summed E-state index contributed by atoms with van der Waals surface area (Å²) in [4.78, 5) is 0. The standard InChI is InChI=1S/C9H20N2O/c1-10-8-11-5-2-9-3-6-12-7-4-9/h9-11H,2-8H2,1H3.